The summed E-state index contributed by atoms with van der Waals surface area (Å²) >= 11 is 0. The number of likely N-dealkylation sites (N-methyl/N-ethyl adjacent to an activating group) is 1. The SMILES string of the molecule is CN(C)[C@@H]1C(O)=C(C(N)=O)C(=O)[C@@]2(O)C(O)=C3C(=O)c4c(c(F)c5ccc(CNC6CCC6)cc5c4O)C[C@H]3C[C@@H]12. The molecule has 0 heterocycles. The highest BCUT2D eigenvalue weighted by Gasteiger charge is 2.63. The number of phenols is 1. The Morgan fingerprint density at radius 3 is 2.49 bits per heavy atom. The highest BCUT2D eigenvalue weighted by molar-refractivity contribution is 6.25. The van der Waals surface area contributed by atoms with Crippen molar-refractivity contribution in [3.63, 3.8) is 0 Å². The number of ketones is 2. The van der Waals surface area contributed by atoms with E-state index in [0.29, 0.717) is 12.6 Å². The number of halogens is 1. The predicted molar refractivity (Wildman–Crippen MR) is 146 cm³/mol. The fraction of sp³-hybridized carbons (Fsp3) is 0.433. The maximum Gasteiger partial charge on any atom is 0.255 e. The average molecular weight is 566 g/mol. The molecule has 4 aliphatic carbocycles. The van der Waals surface area contributed by atoms with Gasteiger partial charge in [0, 0.05) is 40.4 Å². The Hall–Kier alpha value is -3.80. The van der Waals surface area contributed by atoms with Crippen LogP contribution in [0.3, 0.4) is 0 Å². The summed E-state index contributed by atoms with van der Waals surface area (Å²) in [4.78, 5) is 40.9. The fourth-order valence-electron chi connectivity index (χ4n) is 7.10. The van der Waals surface area contributed by atoms with E-state index in [1.807, 2.05) is 0 Å². The lowest BCUT2D eigenvalue weighted by Gasteiger charge is -2.50. The summed E-state index contributed by atoms with van der Waals surface area (Å²) in [6.07, 6.45) is 3.12. The Labute approximate surface area is 234 Å². The molecule has 4 aliphatic rings. The van der Waals surface area contributed by atoms with Crippen molar-refractivity contribution in [3.8, 4) is 5.75 Å². The van der Waals surface area contributed by atoms with Crippen molar-refractivity contribution in [2.75, 3.05) is 14.1 Å². The molecule has 11 heteroatoms. The molecule has 0 bridgehead atoms. The number of phenolic OH excluding ortho intramolecular Hbond substituents is 1. The van der Waals surface area contributed by atoms with Crippen molar-refractivity contribution in [1.29, 1.82) is 0 Å². The molecule has 1 amide bonds. The van der Waals surface area contributed by atoms with E-state index in [9.17, 15) is 34.8 Å². The van der Waals surface area contributed by atoms with Gasteiger partial charge >= 0.3 is 0 Å². The number of aliphatic hydroxyl groups is 3. The van der Waals surface area contributed by atoms with Crippen LogP contribution in [0.4, 0.5) is 4.39 Å². The number of carbonyl (C=O) groups excluding carboxylic acids is 3. The highest BCUT2D eigenvalue weighted by Crippen LogP contribution is 2.53. The molecule has 0 aromatic heterocycles. The first kappa shape index (κ1) is 27.4. The van der Waals surface area contributed by atoms with Gasteiger partial charge in [-0.15, -0.1) is 0 Å². The number of aliphatic hydroxyl groups excluding tert-OH is 2. The first-order chi connectivity index (χ1) is 19.4. The molecule has 2 aromatic carbocycles. The third kappa shape index (κ3) is 3.75. The molecule has 6 rings (SSSR count). The van der Waals surface area contributed by atoms with Gasteiger partial charge in [0.1, 0.15) is 28.7 Å². The van der Waals surface area contributed by atoms with E-state index in [4.69, 9.17) is 5.73 Å². The number of aromatic hydroxyl groups is 1. The van der Waals surface area contributed by atoms with Crippen molar-refractivity contribution < 1.29 is 39.2 Å². The zero-order chi connectivity index (χ0) is 29.5. The number of nitrogens with one attached hydrogen (secondary N) is 1. The van der Waals surface area contributed by atoms with Gasteiger partial charge in [0.25, 0.3) is 5.91 Å². The smallest absolute Gasteiger partial charge is 0.255 e. The van der Waals surface area contributed by atoms with Crippen molar-refractivity contribution in [3.05, 3.63) is 63.4 Å². The van der Waals surface area contributed by atoms with Crippen LogP contribution >= 0.6 is 0 Å². The second-order valence-electron chi connectivity index (χ2n) is 11.9. The largest absolute Gasteiger partial charge is 0.510 e. The number of nitrogens with two attached hydrogens (primary N) is 1. The first-order valence-electron chi connectivity index (χ1n) is 13.7. The molecule has 41 heavy (non-hydrogen) atoms. The number of Topliss-reactive ketones (excluding diaryl/α,β-unsaturated/α-hetero) is 2. The summed E-state index contributed by atoms with van der Waals surface area (Å²) < 4.78 is 16.0. The van der Waals surface area contributed by atoms with Crippen molar-refractivity contribution >= 4 is 28.2 Å². The van der Waals surface area contributed by atoms with Crippen LogP contribution in [-0.2, 0) is 22.6 Å². The van der Waals surface area contributed by atoms with Crippen LogP contribution < -0.4 is 11.1 Å². The summed E-state index contributed by atoms with van der Waals surface area (Å²) in [6, 6.07) is 4.27. The van der Waals surface area contributed by atoms with E-state index in [2.05, 4.69) is 5.32 Å². The molecule has 0 aliphatic heterocycles. The molecule has 0 saturated heterocycles. The lowest BCUT2D eigenvalue weighted by atomic mass is 9.58. The second-order valence-corrected chi connectivity index (χ2v) is 11.9. The van der Waals surface area contributed by atoms with E-state index in [1.54, 1.807) is 32.3 Å². The van der Waals surface area contributed by atoms with Crippen LogP contribution in [0.25, 0.3) is 10.8 Å². The van der Waals surface area contributed by atoms with Crippen LogP contribution in [-0.4, -0.2) is 74.6 Å². The Balaban J connectivity index is 1.49. The quantitative estimate of drug-likeness (QED) is 0.297. The number of carbonyl (C=O) groups is 3. The Morgan fingerprint density at radius 1 is 1.17 bits per heavy atom. The minimum atomic E-state index is -2.74. The van der Waals surface area contributed by atoms with E-state index in [-0.39, 0.29) is 40.3 Å². The summed E-state index contributed by atoms with van der Waals surface area (Å²) in [5.74, 6) is -8.27. The standard InChI is InChI=1S/C30H32FN3O7/c1-34(2)23-18-10-13-9-17-20(25(36)19(13)27(38)30(18,41)28(39)21(26(23)37)29(32)40)24(35)16-8-12(6-7-15(16)22(17)31)11-33-14-4-3-5-14/h6-8,13-14,18,23,33,35,37-38,41H,3-5,9-11H2,1-2H3,(H2,32,40)/t13-,18-,23-,30-/m0/s1. The maximum absolute atomic E-state index is 16.0. The number of hydrogen-bond acceptors (Lipinski definition) is 9. The molecule has 2 aromatic rings. The molecule has 4 atom stereocenters. The number of allylic oxidation sites excluding steroid dienone is 1. The van der Waals surface area contributed by atoms with Gasteiger partial charge in [-0.05, 0) is 57.3 Å². The van der Waals surface area contributed by atoms with E-state index >= 15 is 4.39 Å². The summed E-state index contributed by atoms with van der Waals surface area (Å²) in [6.45, 7) is 0.507. The molecule has 1 fully saturated rings. The molecular weight excluding hydrogens is 533 g/mol. The lowest BCUT2D eigenvalue weighted by molar-refractivity contribution is -0.148. The summed E-state index contributed by atoms with van der Waals surface area (Å²) in [5.41, 5.74) is 1.87. The highest BCUT2D eigenvalue weighted by atomic mass is 19.1. The zero-order valence-electron chi connectivity index (χ0n) is 22.7. The average Bonchev–Trinajstić information content (AvgIpc) is 2.88. The van der Waals surface area contributed by atoms with Crippen LogP contribution in [0.15, 0.2) is 40.9 Å². The molecule has 7 N–H and O–H groups in total. The molecule has 0 radical (unpaired) electrons. The molecule has 0 spiro atoms. The van der Waals surface area contributed by atoms with E-state index in [0.717, 1.165) is 24.8 Å². The van der Waals surface area contributed by atoms with Crippen molar-refractivity contribution in [2.45, 2.75) is 56.3 Å². The topological polar surface area (TPSA) is 173 Å². The lowest BCUT2D eigenvalue weighted by Crippen LogP contribution is -2.63. The molecular formula is C30H32FN3O7. The fourth-order valence-corrected chi connectivity index (χ4v) is 7.10. The van der Waals surface area contributed by atoms with Gasteiger partial charge in [-0.25, -0.2) is 4.39 Å². The van der Waals surface area contributed by atoms with Gasteiger partial charge in [0.2, 0.25) is 5.78 Å². The van der Waals surface area contributed by atoms with Gasteiger partial charge in [-0.1, -0.05) is 18.6 Å². The molecule has 1 saturated carbocycles. The number of nitrogens with zero attached hydrogens (tertiary/aromatic N) is 1. The predicted octanol–water partition coefficient (Wildman–Crippen LogP) is 2.06. The van der Waals surface area contributed by atoms with E-state index in [1.165, 1.54) is 4.90 Å². The second kappa shape index (κ2) is 9.37. The van der Waals surface area contributed by atoms with Crippen molar-refractivity contribution in [1.82, 2.24) is 10.2 Å². The number of benzene rings is 2. The minimum absolute atomic E-state index is 0.0199. The van der Waals surface area contributed by atoms with Gasteiger partial charge in [-0.2, -0.15) is 0 Å². The van der Waals surface area contributed by atoms with Gasteiger partial charge in [0.15, 0.2) is 11.4 Å². The Bertz CT molecular complexity index is 1610. The summed E-state index contributed by atoms with van der Waals surface area (Å²) in [7, 11) is 3.10. The van der Waals surface area contributed by atoms with Crippen LogP contribution in [0.2, 0.25) is 0 Å². The number of fused-ring (bicyclic) bond motifs is 4. The minimum Gasteiger partial charge on any atom is -0.510 e. The molecule has 10 nitrogen and oxygen atoms in total. The van der Waals surface area contributed by atoms with Gasteiger partial charge in [-0.3, -0.25) is 19.3 Å². The van der Waals surface area contributed by atoms with Crippen LogP contribution in [0, 0.1) is 17.7 Å². The van der Waals surface area contributed by atoms with Crippen LogP contribution in [0.5, 0.6) is 5.75 Å². The third-order valence-electron chi connectivity index (χ3n) is 9.39. The number of hydrogen-bond donors (Lipinski definition) is 6. The normalized spacial score (nSPS) is 28.1. The number of primary amides is 1. The first-order valence-corrected chi connectivity index (χ1v) is 13.7. The number of amides is 1. The van der Waals surface area contributed by atoms with Gasteiger partial charge < -0.3 is 31.5 Å². The van der Waals surface area contributed by atoms with Crippen molar-refractivity contribution in [2.24, 2.45) is 17.6 Å². The summed E-state index contributed by atoms with van der Waals surface area (Å²) in [5, 5.41) is 48.9. The number of rotatable bonds is 5. The Kier molecular flexibility index (Phi) is 6.25. The Morgan fingerprint density at radius 2 is 1.88 bits per heavy atom. The zero-order valence-corrected chi connectivity index (χ0v) is 22.7. The molecule has 0 unspecified atom stereocenters. The third-order valence-corrected chi connectivity index (χ3v) is 9.39. The molecule has 216 valence electrons. The van der Waals surface area contributed by atoms with Gasteiger partial charge in [0.05, 0.1) is 11.6 Å². The monoisotopic (exact) mass is 565 g/mol. The van der Waals surface area contributed by atoms with Crippen LogP contribution in [0.1, 0.15) is 47.2 Å². The maximum atomic E-state index is 16.0. The van der Waals surface area contributed by atoms with E-state index < -0.39 is 69.6 Å².